The summed E-state index contributed by atoms with van der Waals surface area (Å²) in [5.41, 5.74) is 4.69. The van der Waals surface area contributed by atoms with Crippen molar-refractivity contribution in [2.24, 2.45) is 16.3 Å². The third kappa shape index (κ3) is 2.52. The Balaban J connectivity index is 2.81. The van der Waals surface area contributed by atoms with E-state index < -0.39 is 5.41 Å². The molecule has 1 heterocycles. The molecule has 0 radical (unpaired) electrons. The molecule has 2 atom stereocenters. The maximum absolute atomic E-state index is 12.4. The van der Waals surface area contributed by atoms with E-state index in [1.807, 2.05) is 6.92 Å². The maximum Gasteiger partial charge on any atom is 0.236 e. The lowest BCUT2D eigenvalue weighted by molar-refractivity contribution is -0.137. The predicted octanol–water partition coefficient (Wildman–Crippen LogP) is 0.396. The number of nitrogens with zero attached hydrogens (tertiary/aromatic N) is 2. The highest BCUT2D eigenvalue weighted by atomic mass is 16.5. The van der Waals surface area contributed by atoms with E-state index in [2.05, 4.69) is 5.16 Å². The van der Waals surface area contributed by atoms with Gasteiger partial charge in [0.05, 0.1) is 6.10 Å². The molecule has 6 heteroatoms. The average Bonchev–Trinajstić information content (AvgIpc) is 2.84. The minimum atomic E-state index is -0.933. The third-order valence-corrected chi connectivity index (χ3v) is 3.62. The largest absolute Gasteiger partial charge is 0.409 e. The van der Waals surface area contributed by atoms with Crippen molar-refractivity contribution in [3.05, 3.63) is 0 Å². The van der Waals surface area contributed by atoms with Gasteiger partial charge in [-0.3, -0.25) is 4.79 Å². The molecular weight excluding hydrogens is 222 g/mol. The molecule has 2 unspecified atom stereocenters. The smallest absolute Gasteiger partial charge is 0.236 e. The topological polar surface area (TPSA) is 88.2 Å². The Kier molecular flexibility index (Phi) is 4.34. The Morgan fingerprint density at radius 3 is 2.76 bits per heavy atom. The van der Waals surface area contributed by atoms with E-state index in [1.54, 1.807) is 18.9 Å². The van der Waals surface area contributed by atoms with Gasteiger partial charge in [0.15, 0.2) is 5.84 Å². The van der Waals surface area contributed by atoms with Crippen LogP contribution in [0.3, 0.4) is 0 Å². The number of hydrogen-bond acceptors (Lipinski definition) is 4. The summed E-state index contributed by atoms with van der Waals surface area (Å²) in [6.45, 7) is 4.78. The number of rotatable bonds is 4. The number of methoxy groups -OCH3 is 1. The van der Waals surface area contributed by atoms with Crippen LogP contribution >= 0.6 is 0 Å². The van der Waals surface area contributed by atoms with Gasteiger partial charge in [-0.05, 0) is 19.8 Å². The number of likely N-dealkylation sites (tertiary alicyclic amines) is 1. The lowest BCUT2D eigenvalue weighted by Crippen LogP contribution is -2.49. The maximum atomic E-state index is 12.4. The molecule has 1 saturated heterocycles. The van der Waals surface area contributed by atoms with Crippen LogP contribution in [0.15, 0.2) is 5.16 Å². The lowest BCUT2D eigenvalue weighted by atomic mass is 9.84. The number of oxime groups is 1. The fourth-order valence-electron chi connectivity index (χ4n) is 2.01. The summed E-state index contributed by atoms with van der Waals surface area (Å²) in [5.74, 6) is -0.138. The van der Waals surface area contributed by atoms with Crippen molar-refractivity contribution in [1.29, 1.82) is 0 Å². The van der Waals surface area contributed by atoms with Gasteiger partial charge in [0.1, 0.15) is 5.41 Å². The molecule has 0 saturated carbocycles. The quantitative estimate of drug-likeness (QED) is 0.324. The van der Waals surface area contributed by atoms with Gasteiger partial charge in [-0.2, -0.15) is 0 Å². The molecule has 1 amide bonds. The first-order chi connectivity index (χ1) is 7.99. The van der Waals surface area contributed by atoms with E-state index in [4.69, 9.17) is 15.7 Å². The van der Waals surface area contributed by atoms with Gasteiger partial charge in [-0.15, -0.1) is 0 Å². The van der Waals surface area contributed by atoms with E-state index in [0.29, 0.717) is 19.5 Å². The Bertz CT molecular complexity index is 319. The van der Waals surface area contributed by atoms with Crippen molar-refractivity contribution < 1.29 is 14.7 Å². The molecule has 6 nitrogen and oxygen atoms in total. The molecule has 0 aromatic heterocycles. The van der Waals surface area contributed by atoms with Crippen LogP contribution in [0, 0.1) is 5.41 Å². The zero-order valence-corrected chi connectivity index (χ0v) is 10.6. The number of amidine groups is 1. The summed E-state index contributed by atoms with van der Waals surface area (Å²) in [5, 5.41) is 11.7. The van der Waals surface area contributed by atoms with Crippen LogP contribution in [0.4, 0.5) is 0 Å². The second-order valence-electron chi connectivity index (χ2n) is 4.57. The van der Waals surface area contributed by atoms with Gasteiger partial charge < -0.3 is 20.6 Å². The summed E-state index contributed by atoms with van der Waals surface area (Å²) < 4.78 is 5.22. The van der Waals surface area contributed by atoms with Crippen LogP contribution in [-0.4, -0.2) is 48.2 Å². The molecular formula is C11H21N3O3. The summed E-state index contributed by atoms with van der Waals surface area (Å²) in [7, 11) is 1.64. The van der Waals surface area contributed by atoms with Crippen LogP contribution in [0.5, 0.6) is 0 Å². The zero-order valence-electron chi connectivity index (χ0n) is 10.6. The molecule has 98 valence electrons. The summed E-state index contributed by atoms with van der Waals surface area (Å²) in [6.07, 6.45) is 1.42. The monoisotopic (exact) mass is 243 g/mol. The third-order valence-electron chi connectivity index (χ3n) is 3.62. The normalized spacial score (nSPS) is 24.8. The zero-order chi connectivity index (χ0) is 13.1. The molecule has 17 heavy (non-hydrogen) atoms. The number of amides is 1. The van der Waals surface area contributed by atoms with E-state index in [0.717, 1.165) is 6.42 Å². The number of ether oxygens (including phenoxy) is 1. The molecule has 0 aromatic rings. The van der Waals surface area contributed by atoms with Crippen molar-refractivity contribution in [2.75, 3.05) is 20.2 Å². The molecule has 0 bridgehead atoms. The van der Waals surface area contributed by atoms with Gasteiger partial charge in [0.2, 0.25) is 5.91 Å². The molecule has 0 aliphatic carbocycles. The molecule has 0 aromatic carbocycles. The number of nitrogens with two attached hydrogens (primary N) is 1. The lowest BCUT2D eigenvalue weighted by Gasteiger charge is -2.30. The molecule has 1 aliphatic heterocycles. The Labute approximate surface area is 101 Å². The number of hydrogen-bond donors (Lipinski definition) is 2. The fraction of sp³-hybridized carbons (Fsp3) is 0.818. The van der Waals surface area contributed by atoms with Crippen molar-refractivity contribution in [3.8, 4) is 0 Å². The van der Waals surface area contributed by atoms with E-state index >= 15 is 0 Å². The van der Waals surface area contributed by atoms with Crippen LogP contribution in [0.2, 0.25) is 0 Å². The molecule has 1 fully saturated rings. The van der Waals surface area contributed by atoms with Crippen LogP contribution in [0.25, 0.3) is 0 Å². The first kappa shape index (κ1) is 13.8. The van der Waals surface area contributed by atoms with Crippen molar-refractivity contribution in [3.63, 3.8) is 0 Å². The van der Waals surface area contributed by atoms with Crippen molar-refractivity contribution >= 4 is 11.7 Å². The minimum Gasteiger partial charge on any atom is -0.409 e. The summed E-state index contributed by atoms with van der Waals surface area (Å²) >= 11 is 0. The van der Waals surface area contributed by atoms with E-state index in [-0.39, 0.29) is 17.8 Å². The van der Waals surface area contributed by atoms with Gasteiger partial charge in [0.25, 0.3) is 0 Å². The Hall–Kier alpha value is -1.30. The highest BCUT2D eigenvalue weighted by Crippen LogP contribution is 2.27. The standard InChI is InChI=1S/C11H21N3O3/c1-4-11(2,9(12)13-16)10(15)14-6-5-8(7-14)17-3/h8,16H,4-7H2,1-3H3,(H2,12,13). The first-order valence-electron chi connectivity index (χ1n) is 5.79. The van der Waals surface area contributed by atoms with E-state index in [1.165, 1.54) is 0 Å². The van der Waals surface area contributed by atoms with Crippen LogP contribution < -0.4 is 5.73 Å². The van der Waals surface area contributed by atoms with Crippen molar-refractivity contribution in [2.45, 2.75) is 32.8 Å². The number of carbonyl (C=O) groups excluding carboxylic acids is 1. The van der Waals surface area contributed by atoms with Crippen LogP contribution in [-0.2, 0) is 9.53 Å². The molecule has 0 spiro atoms. The summed E-state index contributed by atoms with van der Waals surface area (Å²) in [4.78, 5) is 14.1. The van der Waals surface area contributed by atoms with Gasteiger partial charge in [-0.25, -0.2) is 0 Å². The predicted molar refractivity (Wildman–Crippen MR) is 63.8 cm³/mol. The molecule has 1 rings (SSSR count). The van der Waals surface area contributed by atoms with Gasteiger partial charge >= 0.3 is 0 Å². The number of carbonyl (C=O) groups is 1. The highest BCUT2D eigenvalue weighted by molar-refractivity contribution is 6.06. The second kappa shape index (κ2) is 5.35. The van der Waals surface area contributed by atoms with Gasteiger partial charge in [-0.1, -0.05) is 12.1 Å². The first-order valence-corrected chi connectivity index (χ1v) is 5.79. The molecule has 3 N–H and O–H groups in total. The Morgan fingerprint density at radius 1 is 1.71 bits per heavy atom. The highest BCUT2D eigenvalue weighted by Gasteiger charge is 2.41. The average molecular weight is 243 g/mol. The van der Waals surface area contributed by atoms with Gasteiger partial charge in [0, 0.05) is 20.2 Å². The van der Waals surface area contributed by atoms with Crippen LogP contribution in [0.1, 0.15) is 26.7 Å². The van der Waals surface area contributed by atoms with Crippen molar-refractivity contribution in [1.82, 2.24) is 4.90 Å². The SMILES string of the molecule is CCC(C)(C(=O)N1CCC(OC)C1)C(N)=NO. The fourth-order valence-corrected chi connectivity index (χ4v) is 2.01. The Morgan fingerprint density at radius 2 is 2.35 bits per heavy atom. The van der Waals surface area contributed by atoms with E-state index in [9.17, 15) is 4.79 Å². The molecule has 1 aliphatic rings. The second-order valence-corrected chi connectivity index (χ2v) is 4.57. The summed E-state index contributed by atoms with van der Waals surface area (Å²) in [6, 6.07) is 0. The minimum absolute atomic E-state index is 0.0362.